The maximum atomic E-state index is 4.52. The number of nitrogens with one attached hydrogen (secondary N) is 1. The van der Waals surface area contributed by atoms with E-state index in [1.165, 1.54) is 0 Å². The van der Waals surface area contributed by atoms with Gasteiger partial charge in [-0.1, -0.05) is 12.1 Å². The summed E-state index contributed by atoms with van der Waals surface area (Å²) in [4.78, 5) is 8.78. The van der Waals surface area contributed by atoms with E-state index in [0.717, 1.165) is 29.9 Å². The molecule has 0 bridgehead atoms. The van der Waals surface area contributed by atoms with Crippen LogP contribution in [0.3, 0.4) is 0 Å². The fourth-order valence-electron chi connectivity index (χ4n) is 1.59. The van der Waals surface area contributed by atoms with Crippen molar-refractivity contribution in [3.8, 4) is 11.4 Å². The Balaban J connectivity index is 2.43. The largest absolute Gasteiger partial charge is 0.354 e. The molecule has 7 heteroatoms. The third-order valence-electron chi connectivity index (χ3n) is 2.51. The molecule has 0 saturated carbocycles. The van der Waals surface area contributed by atoms with Crippen molar-refractivity contribution >= 4 is 21.9 Å². The minimum absolute atomic E-state index is 0.630. The number of anilines is 1. The average molecular weight is 311 g/mol. The number of halogens is 1. The number of hydrogen-bond acceptors (Lipinski definition) is 5. The molecule has 0 spiro atoms. The second kappa shape index (κ2) is 5.43. The first-order valence-corrected chi connectivity index (χ1v) is 6.55. The van der Waals surface area contributed by atoms with E-state index in [4.69, 9.17) is 0 Å². The van der Waals surface area contributed by atoms with Gasteiger partial charge >= 0.3 is 0 Å². The van der Waals surface area contributed by atoms with Crippen molar-refractivity contribution in [1.82, 2.24) is 25.0 Å². The first kappa shape index (κ1) is 12.9. The molecule has 18 heavy (non-hydrogen) atoms. The molecule has 0 aliphatic heterocycles. The summed E-state index contributed by atoms with van der Waals surface area (Å²) in [7, 11) is 1.84. The zero-order chi connectivity index (χ0) is 13.1. The van der Waals surface area contributed by atoms with E-state index >= 15 is 0 Å². The number of aryl methyl sites for hydroxylation is 2. The van der Waals surface area contributed by atoms with Gasteiger partial charge in [0.15, 0.2) is 4.60 Å². The van der Waals surface area contributed by atoms with Crippen LogP contribution in [0.4, 0.5) is 5.95 Å². The Hall–Kier alpha value is -1.50. The van der Waals surface area contributed by atoms with Crippen LogP contribution in [-0.4, -0.2) is 31.5 Å². The SMILES string of the molecule is CCCNc1ncc(C)c(-c2c(Br)nnn2C)n1. The van der Waals surface area contributed by atoms with Gasteiger partial charge in [0.1, 0.15) is 5.69 Å². The Morgan fingerprint density at radius 3 is 2.83 bits per heavy atom. The quantitative estimate of drug-likeness (QED) is 0.937. The van der Waals surface area contributed by atoms with Crippen molar-refractivity contribution in [1.29, 1.82) is 0 Å². The fourth-order valence-corrected chi connectivity index (χ4v) is 2.10. The van der Waals surface area contributed by atoms with Gasteiger partial charge in [0.2, 0.25) is 5.95 Å². The van der Waals surface area contributed by atoms with Gasteiger partial charge in [0, 0.05) is 19.8 Å². The van der Waals surface area contributed by atoms with E-state index in [9.17, 15) is 0 Å². The first-order valence-electron chi connectivity index (χ1n) is 5.76. The summed E-state index contributed by atoms with van der Waals surface area (Å²) in [5.74, 6) is 0.630. The van der Waals surface area contributed by atoms with Gasteiger partial charge in [-0.15, -0.1) is 5.10 Å². The van der Waals surface area contributed by atoms with Crippen molar-refractivity contribution in [3.63, 3.8) is 0 Å². The molecule has 0 atom stereocenters. The smallest absolute Gasteiger partial charge is 0.223 e. The number of rotatable bonds is 4. The van der Waals surface area contributed by atoms with Gasteiger partial charge < -0.3 is 5.32 Å². The minimum atomic E-state index is 0.630. The van der Waals surface area contributed by atoms with Gasteiger partial charge in [-0.25, -0.2) is 14.6 Å². The molecule has 0 fully saturated rings. The molecule has 1 N–H and O–H groups in total. The second-order valence-electron chi connectivity index (χ2n) is 4.00. The monoisotopic (exact) mass is 310 g/mol. The van der Waals surface area contributed by atoms with Crippen LogP contribution >= 0.6 is 15.9 Å². The molecule has 2 aromatic heterocycles. The Kier molecular flexibility index (Phi) is 3.90. The molecule has 0 aromatic carbocycles. The van der Waals surface area contributed by atoms with Gasteiger partial charge in [-0.2, -0.15) is 0 Å². The molecule has 2 aromatic rings. The topological polar surface area (TPSA) is 68.5 Å². The summed E-state index contributed by atoms with van der Waals surface area (Å²) in [6.07, 6.45) is 2.84. The van der Waals surface area contributed by atoms with Crippen LogP contribution in [0.1, 0.15) is 18.9 Å². The summed E-state index contributed by atoms with van der Waals surface area (Å²) >= 11 is 3.39. The van der Waals surface area contributed by atoms with E-state index in [1.807, 2.05) is 14.0 Å². The van der Waals surface area contributed by atoms with E-state index in [1.54, 1.807) is 10.9 Å². The molecular formula is C11H15BrN6. The molecule has 0 aliphatic carbocycles. The third kappa shape index (κ3) is 2.50. The molecule has 2 heterocycles. The number of hydrogen-bond donors (Lipinski definition) is 1. The van der Waals surface area contributed by atoms with E-state index in [0.29, 0.717) is 10.6 Å². The average Bonchev–Trinajstić information content (AvgIpc) is 2.68. The number of nitrogens with zero attached hydrogens (tertiary/aromatic N) is 5. The van der Waals surface area contributed by atoms with Crippen molar-refractivity contribution in [2.75, 3.05) is 11.9 Å². The molecule has 6 nitrogen and oxygen atoms in total. The molecule has 0 saturated heterocycles. The van der Waals surface area contributed by atoms with Crippen LogP contribution < -0.4 is 5.32 Å². The van der Waals surface area contributed by atoms with Crippen LogP contribution in [0, 0.1) is 6.92 Å². The van der Waals surface area contributed by atoms with Gasteiger partial charge in [-0.05, 0) is 34.8 Å². The van der Waals surface area contributed by atoms with Crippen molar-refractivity contribution < 1.29 is 0 Å². The van der Waals surface area contributed by atoms with Gasteiger partial charge in [0.05, 0.1) is 5.69 Å². The van der Waals surface area contributed by atoms with Crippen molar-refractivity contribution in [3.05, 3.63) is 16.4 Å². The Labute approximate surface area is 114 Å². The molecule has 2 rings (SSSR count). The lowest BCUT2D eigenvalue weighted by Crippen LogP contribution is -2.06. The highest BCUT2D eigenvalue weighted by Gasteiger charge is 2.15. The van der Waals surface area contributed by atoms with Crippen LogP contribution in [-0.2, 0) is 7.05 Å². The minimum Gasteiger partial charge on any atom is -0.354 e. The highest BCUT2D eigenvalue weighted by Crippen LogP contribution is 2.26. The van der Waals surface area contributed by atoms with Crippen LogP contribution in [0.15, 0.2) is 10.8 Å². The van der Waals surface area contributed by atoms with Crippen LogP contribution in [0.2, 0.25) is 0 Å². The first-order chi connectivity index (χ1) is 8.63. The molecule has 0 aliphatic rings. The summed E-state index contributed by atoms with van der Waals surface area (Å²) in [6.45, 7) is 4.93. The summed E-state index contributed by atoms with van der Waals surface area (Å²) in [5.41, 5.74) is 2.68. The van der Waals surface area contributed by atoms with Crippen molar-refractivity contribution in [2.24, 2.45) is 7.05 Å². The molecule has 0 unspecified atom stereocenters. The van der Waals surface area contributed by atoms with E-state index in [2.05, 4.69) is 48.5 Å². The Bertz CT molecular complexity index is 531. The van der Waals surface area contributed by atoms with Gasteiger partial charge in [0.25, 0.3) is 0 Å². The zero-order valence-corrected chi connectivity index (χ0v) is 12.2. The highest BCUT2D eigenvalue weighted by molar-refractivity contribution is 9.10. The van der Waals surface area contributed by atoms with Crippen LogP contribution in [0.25, 0.3) is 11.4 Å². The third-order valence-corrected chi connectivity index (χ3v) is 3.05. The predicted octanol–water partition coefficient (Wildman–Crippen LogP) is 2.16. The lowest BCUT2D eigenvalue weighted by molar-refractivity contribution is 0.718. The highest BCUT2D eigenvalue weighted by atomic mass is 79.9. The maximum absolute atomic E-state index is 4.52. The van der Waals surface area contributed by atoms with E-state index in [-0.39, 0.29) is 0 Å². The van der Waals surface area contributed by atoms with Crippen LogP contribution in [0.5, 0.6) is 0 Å². The summed E-state index contributed by atoms with van der Waals surface area (Å²) < 4.78 is 2.39. The molecule has 96 valence electrons. The summed E-state index contributed by atoms with van der Waals surface area (Å²) in [5, 5.41) is 11.1. The van der Waals surface area contributed by atoms with E-state index < -0.39 is 0 Å². The molecule has 0 amide bonds. The standard InChI is InChI=1S/C11H15BrN6/c1-4-5-13-11-14-6-7(2)8(15-11)9-10(12)16-17-18(9)3/h6H,4-5H2,1-3H3,(H,13,14,15). The zero-order valence-electron chi connectivity index (χ0n) is 10.6. The lowest BCUT2D eigenvalue weighted by Gasteiger charge is -2.08. The summed E-state index contributed by atoms with van der Waals surface area (Å²) in [6, 6.07) is 0. The maximum Gasteiger partial charge on any atom is 0.223 e. The fraction of sp³-hybridized carbons (Fsp3) is 0.455. The Morgan fingerprint density at radius 1 is 1.44 bits per heavy atom. The van der Waals surface area contributed by atoms with Crippen molar-refractivity contribution in [2.45, 2.75) is 20.3 Å². The second-order valence-corrected chi connectivity index (χ2v) is 4.76. The predicted molar refractivity (Wildman–Crippen MR) is 73.2 cm³/mol. The Morgan fingerprint density at radius 2 is 2.22 bits per heavy atom. The molecular weight excluding hydrogens is 296 g/mol. The normalized spacial score (nSPS) is 10.7. The van der Waals surface area contributed by atoms with Gasteiger partial charge in [-0.3, -0.25) is 0 Å². The molecule has 0 radical (unpaired) electrons. The number of aromatic nitrogens is 5. The lowest BCUT2D eigenvalue weighted by atomic mass is 10.2.